The zero-order valence-corrected chi connectivity index (χ0v) is 15.4. The lowest BCUT2D eigenvalue weighted by Gasteiger charge is -2.28. The van der Waals surface area contributed by atoms with Crippen molar-refractivity contribution >= 4 is 0 Å². The first-order valence-corrected chi connectivity index (χ1v) is 8.48. The number of nitrogens with zero attached hydrogens (tertiary/aromatic N) is 1. The Morgan fingerprint density at radius 1 is 1.28 bits per heavy atom. The minimum atomic E-state index is -0.750. The van der Waals surface area contributed by atoms with E-state index in [1.807, 2.05) is 34.6 Å². The molecule has 2 fully saturated rings. The summed E-state index contributed by atoms with van der Waals surface area (Å²) < 4.78 is 19.6. The molecule has 0 spiro atoms. The van der Waals surface area contributed by atoms with E-state index in [-0.39, 0.29) is 23.7 Å². The molecule has 1 aliphatic heterocycles. The van der Waals surface area contributed by atoms with E-state index >= 15 is 0 Å². The van der Waals surface area contributed by atoms with Gasteiger partial charge in [0.05, 0.1) is 24.4 Å². The topological polar surface area (TPSA) is 82.6 Å². The third-order valence-electron chi connectivity index (χ3n) is 4.57. The van der Waals surface area contributed by atoms with E-state index in [9.17, 15) is 9.59 Å². The second kappa shape index (κ2) is 5.93. The fourth-order valence-corrected chi connectivity index (χ4v) is 3.54. The second-order valence-corrected chi connectivity index (χ2v) is 8.13. The smallest absolute Gasteiger partial charge is 0.328 e. The first-order valence-electron chi connectivity index (χ1n) is 8.48. The van der Waals surface area contributed by atoms with Crippen molar-refractivity contribution in [3.63, 3.8) is 0 Å². The number of fused-ring (bicyclic) bond motifs is 1. The maximum absolute atomic E-state index is 12.3. The lowest BCUT2D eigenvalue weighted by molar-refractivity contribution is -0.159. The van der Waals surface area contributed by atoms with Crippen molar-refractivity contribution in [3.05, 3.63) is 45.3 Å². The summed E-state index contributed by atoms with van der Waals surface area (Å²) in [6.45, 7) is 14.3. The molecule has 3 rings (SSSR count). The summed E-state index contributed by atoms with van der Waals surface area (Å²) >= 11 is 0. The first kappa shape index (κ1) is 18.1. The highest BCUT2D eigenvalue weighted by Crippen LogP contribution is 2.49. The number of aromatic nitrogens is 2. The predicted molar refractivity (Wildman–Crippen MR) is 92.5 cm³/mol. The monoisotopic (exact) mass is 350 g/mol. The highest BCUT2D eigenvalue weighted by Gasteiger charge is 2.56. The van der Waals surface area contributed by atoms with E-state index in [0.717, 1.165) is 5.57 Å². The molecule has 25 heavy (non-hydrogen) atoms. The SMILES string of the molecule is C=C1[C@@H](n2ccc(=O)[nH]c2=O)[C@H]2OC(C)(C)O[C@H]2[C@H]1COC(C)(C)C. The van der Waals surface area contributed by atoms with Crippen molar-refractivity contribution in [3.8, 4) is 0 Å². The van der Waals surface area contributed by atoms with Crippen LogP contribution in [0.2, 0.25) is 0 Å². The van der Waals surface area contributed by atoms with Crippen molar-refractivity contribution in [2.75, 3.05) is 6.61 Å². The minimum absolute atomic E-state index is 0.102. The van der Waals surface area contributed by atoms with Crippen LogP contribution < -0.4 is 11.2 Å². The van der Waals surface area contributed by atoms with Gasteiger partial charge in [0.15, 0.2) is 5.79 Å². The van der Waals surface area contributed by atoms with Crippen LogP contribution in [0.15, 0.2) is 34.0 Å². The lowest BCUT2D eigenvalue weighted by atomic mass is 10.0. The molecule has 7 heteroatoms. The Kier molecular flexibility index (Phi) is 4.29. The number of H-pyrrole nitrogens is 1. The van der Waals surface area contributed by atoms with E-state index < -0.39 is 23.1 Å². The number of hydrogen-bond donors (Lipinski definition) is 1. The normalized spacial score (nSPS) is 31.3. The summed E-state index contributed by atoms with van der Waals surface area (Å²) in [6.07, 6.45) is 0.865. The number of rotatable bonds is 3. The van der Waals surface area contributed by atoms with Gasteiger partial charge in [-0.05, 0) is 40.2 Å². The summed E-state index contributed by atoms with van der Waals surface area (Å²) in [5.74, 6) is -0.852. The third-order valence-corrected chi connectivity index (χ3v) is 4.57. The van der Waals surface area contributed by atoms with Gasteiger partial charge in [0.25, 0.3) is 5.56 Å². The molecule has 7 nitrogen and oxygen atoms in total. The Hall–Kier alpha value is -1.70. The van der Waals surface area contributed by atoms with Gasteiger partial charge in [0, 0.05) is 18.2 Å². The van der Waals surface area contributed by atoms with Crippen LogP contribution in [0.4, 0.5) is 0 Å². The molecule has 1 aliphatic carbocycles. The predicted octanol–water partition coefficient (Wildman–Crippen LogP) is 1.60. The lowest BCUT2D eigenvalue weighted by Crippen LogP contribution is -2.37. The standard InChI is InChI=1S/C18H26N2O5/c1-10-11(9-23-17(2,3)4)14-15(25-18(5,6)24-14)13(10)20-8-7-12(21)19-16(20)22/h7-8,11,13-15H,1,9H2,2-6H3,(H,19,21,22)/t11-,13+,14-,15+/m0/s1. The number of aromatic amines is 1. The van der Waals surface area contributed by atoms with Gasteiger partial charge in [0.2, 0.25) is 0 Å². The van der Waals surface area contributed by atoms with Gasteiger partial charge in [-0.2, -0.15) is 0 Å². The van der Waals surface area contributed by atoms with E-state index in [0.29, 0.717) is 6.61 Å². The number of nitrogens with one attached hydrogen (secondary N) is 1. The highest BCUT2D eigenvalue weighted by atomic mass is 16.8. The molecule has 0 radical (unpaired) electrons. The molecule has 138 valence electrons. The van der Waals surface area contributed by atoms with E-state index in [2.05, 4.69) is 11.6 Å². The van der Waals surface area contributed by atoms with Crippen LogP contribution in [0.3, 0.4) is 0 Å². The Labute approximate surface area is 146 Å². The molecule has 2 aliphatic rings. The van der Waals surface area contributed by atoms with Crippen LogP contribution in [0.1, 0.15) is 40.7 Å². The van der Waals surface area contributed by atoms with Crippen LogP contribution in [0.5, 0.6) is 0 Å². The number of ether oxygens (including phenoxy) is 3. The molecule has 0 bridgehead atoms. The van der Waals surface area contributed by atoms with E-state index in [1.54, 1.807) is 0 Å². The summed E-state index contributed by atoms with van der Waals surface area (Å²) in [4.78, 5) is 26.0. The Balaban J connectivity index is 1.97. The quantitative estimate of drug-likeness (QED) is 0.837. The second-order valence-electron chi connectivity index (χ2n) is 8.13. The van der Waals surface area contributed by atoms with Crippen LogP contribution in [-0.4, -0.2) is 39.8 Å². The molecular formula is C18H26N2O5. The average molecular weight is 350 g/mol. The molecule has 1 N–H and O–H groups in total. The van der Waals surface area contributed by atoms with Gasteiger partial charge >= 0.3 is 5.69 Å². The maximum atomic E-state index is 12.3. The van der Waals surface area contributed by atoms with Crippen molar-refractivity contribution in [1.29, 1.82) is 0 Å². The molecule has 1 saturated carbocycles. The molecular weight excluding hydrogens is 324 g/mol. The molecule has 1 aromatic heterocycles. The van der Waals surface area contributed by atoms with Gasteiger partial charge in [-0.15, -0.1) is 0 Å². The first-order chi connectivity index (χ1) is 11.5. The largest absolute Gasteiger partial charge is 0.375 e. The van der Waals surface area contributed by atoms with Crippen LogP contribution >= 0.6 is 0 Å². The Bertz CT molecular complexity index is 786. The third kappa shape index (κ3) is 3.49. The molecule has 0 aromatic carbocycles. The van der Waals surface area contributed by atoms with Crippen LogP contribution in [0.25, 0.3) is 0 Å². The minimum Gasteiger partial charge on any atom is -0.375 e. The summed E-state index contributed by atoms with van der Waals surface area (Å²) in [5, 5.41) is 0. The van der Waals surface area contributed by atoms with Gasteiger partial charge in [0.1, 0.15) is 6.10 Å². The fourth-order valence-electron chi connectivity index (χ4n) is 3.54. The molecule has 1 saturated heterocycles. The fraction of sp³-hybridized carbons (Fsp3) is 0.667. The van der Waals surface area contributed by atoms with Gasteiger partial charge in [-0.25, -0.2) is 4.79 Å². The molecule has 0 unspecified atom stereocenters. The van der Waals surface area contributed by atoms with Crippen molar-refractivity contribution < 1.29 is 14.2 Å². The zero-order valence-electron chi connectivity index (χ0n) is 15.4. The Morgan fingerprint density at radius 2 is 1.92 bits per heavy atom. The molecule has 0 amide bonds. The van der Waals surface area contributed by atoms with Crippen LogP contribution in [-0.2, 0) is 14.2 Å². The molecule has 2 heterocycles. The summed E-state index contributed by atoms with van der Waals surface area (Å²) in [6, 6.07) is 0.911. The van der Waals surface area contributed by atoms with Crippen LogP contribution in [0, 0.1) is 5.92 Å². The summed E-state index contributed by atoms with van der Waals surface area (Å²) in [7, 11) is 0. The average Bonchev–Trinajstić information content (AvgIpc) is 2.87. The van der Waals surface area contributed by atoms with Crippen molar-refractivity contribution in [2.45, 2.75) is 64.3 Å². The maximum Gasteiger partial charge on any atom is 0.328 e. The zero-order chi connectivity index (χ0) is 18.6. The molecule has 1 aromatic rings. The summed E-state index contributed by atoms with van der Waals surface area (Å²) in [5.41, 5.74) is -0.401. The van der Waals surface area contributed by atoms with E-state index in [1.165, 1.54) is 16.8 Å². The van der Waals surface area contributed by atoms with Gasteiger partial charge < -0.3 is 14.2 Å². The van der Waals surface area contributed by atoms with Crippen molar-refractivity contribution in [1.82, 2.24) is 9.55 Å². The number of hydrogen-bond acceptors (Lipinski definition) is 5. The van der Waals surface area contributed by atoms with Gasteiger partial charge in [-0.1, -0.05) is 6.58 Å². The van der Waals surface area contributed by atoms with Gasteiger partial charge in [-0.3, -0.25) is 14.3 Å². The molecule has 4 atom stereocenters. The van der Waals surface area contributed by atoms with Crippen molar-refractivity contribution in [2.24, 2.45) is 5.92 Å². The Morgan fingerprint density at radius 3 is 2.52 bits per heavy atom. The highest BCUT2D eigenvalue weighted by molar-refractivity contribution is 5.24. The van der Waals surface area contributed by atoms with E-state index in [4.69, 9.17) is 14.2 Å².